The van der Waals surface area contributed by atoms with E-state index >= 15 is 0 Å². The number of nitrogens with zero attached hydrogens (tertiary/aromatic N) is 4. The first-order valence-corrected chi connectivity index (χ1v) is 13.2. The largest absolute Gasteiger partial charge is 0.492 e. The van der Waals surface area contributed by atoms with Crippen LogP contribution in [0.3, 0.4) is 0 Å². The minimum Gasteiger partial charge on any atom is -0.492 e. The molecule has 192 valence electrons. The number of aromatic nitrogens is 3. The number of benzene rings is 2. The molecule has 2 aliphatic rings. The van der Waals surface area contributed by atoms with E-state index in [4.69, 9.17) is 9.72 Å². The van der Waals surface area contributed by atoms with Crippen LogP contribution in [0.25, 0.3) is 16.8 Å². The number of hydrogen-bond donors (Lipinski definition) is 1. The molecule has 1 fully saturated rings. The van der Waals surface area contributed by atoms with Gasteiger partial charge in [-0.3, -0.25) is 19.4 Å². The molecule has 1 saturated heterocycles. The number of allylic oxidation sites excluding steroid dienone is 1. The number of likely N-dealkylation sites (tertiary alicyclic amines) is 1. The summed E-state index contributed by atoms with van der Waals surface area (Å²) in [5.74, 6) is 0.681. The van der Waals surface area contributed by atoms with Gasteiger partial charge in [0.1, 0.15) is 12.4 Å². The van der Waals surface area contributed by atoms with Crippen LogP contribution in [0.4, 0.5) is 0 Å². The molecule has 6 rings (SSSR count). The van der Waals surface area contributed by atoms with Crippen molar-refractivity contribution in [2.75, 3.05) is 26.2 Å². The molecule has 0 unspecified atom stereocenters. The van der Waals surface area contributed by atoms with Gasteiger partial charge in [0.2, 0.25) is 0 Å². The summed E-state index contributed by atoms with van der Waals surface area (Å²) in [7, 11) is 0. The van der Waals surface area contributed by atoms with Crippen LogP contribution in [0.5, 0.6) is 5.75 Å². The van der Waals surface area contributed by atoms with Gasteiger partial charge in [-0.1, -0.05) is 48.5 Å². The Morgan fingerprint density at radius 1 is 0.974 bits per heavy atom. The van der Waals surface area contributed by atoms with Crippen LogP contribution >= 0.6 is 0 Å². The van der Waals surface area contributed by atoms with Crippen molar-refractivity contribution < 1.29 is 9.53 Å². The molecule has 1 aliphatic heterocycles. The zero-order valence-electron chi connectivity index (χ0n) is 21.3. The molecule has 1 amide bonds. The molecule has 0 spiro atoms. The lowest BCUT2D eigenvalue weighted by molar-refractivity contribution is 0.0973. The predicted molar refractivity (Wildman–Crippen MR) is 148 cm³/mol. The number of hydrogen-bond acceptors (Lipinski definition) is 5. The van der Waals surface area contributed by atoms with Crippen LogP contribution in [0.2, 0.25) is 0 Å². The molecule has 7 nitrogen and oxygen atoms in total. The highest BCUT2D eigenvalue weighted by atomic mass is 16.5. The van der Waals surface area contributed by atoms with Crippen LogP contribution in [-0.4, -0.2) is 51.8 Å². The molecule has 2 aromatic carbocycles. The van der Waals surface area contributed by atoms with Crippen molar-refractivity contribution in [3.05, 3.63) is 108 Å². The smallest absolute Gasteiger partial charge is 0.258 e. The molecular weight excluding hydrogens is 474 g/mol. The Balaban J connectivity index is 1.12. The second-order valence-corrected chi connectivity index (χ2v) is 9.83. The molecule has 1 aliphatic carbocycles. The zero-order valence-corrected chi connectivity index (χ0v) is 21.3. The molecule has 1 N–H and O–H groups in total. The van der Waals surface area contributed by atoms with Crippen molar-refractivity contribution in [3.8, 4) is 16.9 Å². The zero-order chi connectivity index (χ0) is 25.7. The number of fused-ring (bicyclic) bond motifs is 1. The van der Waals surface area contributed by atoms with Gasteiger partial charge >= 0.3 is 0 Å². The lowest BCUT2D eigenvalue weighted by atomic mass is 10.0. The van der Waals surface area contributed by atoms with Gasteiger partial charge in [-0.25, -0.2) is 0 Å². The summed E-state index contributed by atoms with van der Waals surface area (Å²) in [5.41, 5.74) is 6.39. The lowest BCUT2D eigenvalue weighted by Gasteiger charge is -2.15. The molecule has 7 heteroatoms. The van der Waals surface area contributed by atoms with Crippen molar-refractivity contribution in [2.24, 2.45) is 0 Å². The normalized spacial score (nSPS) is 14.8. The summed E-state index contributed by atoms with van der Waals surface area (Å²) in [6, 6.07) is 20.3. The monoisotopic (exact) mass is 505 g/mol. The van der Waals surface area contributed by atoms with E-state index in [0.29, 0.717) is 25.1 Å². The number of amides is 1. The Bertz CT molecular complexity index is 1450. The van der Waals surface area contributed by atoms with Gasteiger partial charge in [0, 0.05) is 42.2 Å². The number of nitrogens with one attached hydrogen (secondary N) is 1. The van der Waals surface area contributed by atoms with E-state index in [0.717, 1.165) is 45.9 Å². The Morgan fingerprint density at radius 3 is 2.71 bits per heavy atom. The van der Waals surface area contributed by atoms with Gasteiger partial charge in [-0.05, 0) is 55.3 Å². The summed E-state index contributed by atoms with van der Waals surface area (Å²) in [6.45, 7) is 4.61. The fourth-order valence-corrected chi connectivity index (χ4v) is 5.07. The van der Waals surface area contributed by atoms with Crippen LogP contribution < -0.4 is 10.1 Å². The summed E-state index contributed by atoms with van der Waals surface area (Å²) in [5, 5.41) is 7.44. The minimum absolute atomic E-state index is 0.179. The highest BCUT2D eigenvalue weighted by Crippen LogP contribution is 2.30. The third-order valence-electron chi connectivity index (χ3n) is 7.13. The first-order chi connectivity index (χ1) is 18.7. The fourth-order valence-electron chi connectivity index (χ4n) is 5.07. The van der Waals surface area contributed by atoms with Crippen LogP contribution in [0.1, 0.15) is 40.0 Å². The fraction of sp³-hybridized carbons (Fsp3) is 0.258. The molecule has 4 aromatic rings. The van der Waals surface area contributed by atoms with E-state index in [-0.39, 0.29) is 5.91 Å². The maximum atomic E-state index is 13.0. The Morgan fingerprint density at radius 2 is 1.84 bits per heavy atom. The molecule has 3 heterocycles. The maximum absolute atomic E-state index is 13.0. The molecule has 2 aromatic heterocycles. The Kier molecular flexibility index (Phi) is 7.00. The molecule has 0 saturated carbocycles. The van der Waals surface area contributed by atoms with Crippen LogP contribution in [0, 0.1) is 0 Å². The first-order valence-electron chi connectivity index (χ1n) is 13.2. The van der Waals surface area contributed by atoms with E-state index in [1.807, 2.05) is 54.7 Å². The Hall–Kier alpha value is -4.23. The highest BCUT2D eigenvalue weighted by molar-refractivity contribution is 6.00. The van der Waals surface area contributed by atoms with Gasteiger partial charge in [-0.15, -0.1) is 0 Å². The quantitative estimate of drug-likeness (QED) is 0.354. The van der Waals surface area contributed by atoms with Gasteiger partial charge in [0.05, 0.1) is 24.0 Å². The summed E-state index contributed by atoms with van der Waals surface area (Å²) in [4.78, 5) is 20.2. The summed E-state index contributed by atoms with van der Waals surface area (Å²) >= 11 is 0. The van der Waals surface area contributed by atoms with Gasteiger partial charge < -0.3 is 10.1 Å². The number of carbonyl (C=O) groups is 1. The minimum atomic E-state index is -0.179. The third kappa shape index (κ3) is 5.53. The average Bonchev–Trinajstić information content (AvgIpc) is 3.72. The topological polar surface area (TPSA) is 72.3 Å². The highest BCUT2D eigenvalue weighted by Gasteiger charge is 2.20. The standard InChI is InChI=1S/C31H31N5O2/c37-31(26-20-33-36(22-26)21-23-7-2-1-3-8-23)34-30-12-11-29-28(30)18-25(19-32-29)24-9-6-10-27(17-24)38-16-15-35-13-4-5-14-35/h1-3,6-10,12,17-20,22H,4-5,11,13-16,21H2,(H,34,37). The van der Waals surface area contributed by atoms with E-state index < -0.39 is 0 Å². The molecule has 38 heavy (non-hydrogen) atoms. The second-order valence-electron chi connectivity index (χ2n) is 9.83. The van der Waals surface area contributed by atoms with Crippen LogP contribution in [-0.2, 0) is 13.0 Å². The van der Waals surface area contributed by atoms with Crippen molar-refractivity contribution in [1.29, 1.82) is 0 Å². The van der Waals surface area contributed by atoms with E-state index in [1.165, 1.54) is 25.9 Å². The molecule has 0 atom stereocenters. The summed E-state index contributed by atoms with van der Waals surface area (Å²) in [6.07, 6.45) is 10.6. The van der Waals surface area contributed by atoms with E-state index in [9.17, 15) is 4.79 Å². The van der Waals surface area contributed by atoms with Crippen molar-refractivity contribution in [2.45, 2.75) is 25.8 Å². The predicted octanol–water partition coefficient (Wildman–Crippen LogP) is 4.80. The van der Waals surface area contributed by atoms with Crippen LogP contribution in [0.15, 0.2) is 85.3 Å². The second kappa shape index (κ2) is 11.0. The number of rotatable bonds is 9. The number of carbonyl (C=O) groups excluding carboxylic acids is 1. The molecular formula is C31H31N5O2. The Labute approximate surface area is 222 Å². The molecule has 0 radical (unpaired) electrons. The summed E-state index contributed by atoms with van der Waals surface area (Å²) < 4.78 is 7.83. The maximum Gasteiger partial charge on any atom is 0.258 e. The van der Waals surface area contributed by atoms with Crippen molar-refractivity contribution in [3.63, 3.8) is 0 Å². The van der Waals surface area contributed by atoms with Gasteiger partial charge in [0.15, 0.2) is 0 Å². The van der Waals surface area contributed by atoms with E-state index in [1.54, 1.807) is 17.1 Å². The molecule has 0 bridgehead atoms. The third-order valence-corrected chi connectivity index (χ3v) is 7.13. The first kappa shape index (κ1) is 24.1. The number of pyridine rings is 1. The number of ether oxygens (including phenoxy) is 1. The van der Waals surface area contributed by atoms with E-state index in [2.05, 4.69) is 33.5 Å². The van der Waals surface area contributed by atoms with Crippen molar-refractivity contribution >= 4 is 11.6 Å². The van der Waals surface area contributed by atoms with Crippen molar-refractivity contribution in [1.82, 2.24) is 25.0 Å². The van der Waals surface area contributed by atoms with Gasteiger partial charge in [0.25, 0.3) is 5.91 Å². The SMILES string of the molecule is O=C(NC1=CCc2ncc(-c3cccc(OCCN4CCCC4)c3)cc21)c1cnn(Cc2ccccc2)c1. The average molecular weight is 506 g/mol. The lowest BCUT2D eigenvalue weighted by Crippen LogP contribution is -2.25. The van der Waals surface area contributed by atoms with Gasteiger partial charge in [-0.2, -0.15) is 5.10 Å².